The van der Waals surface area contributed by atoms with Crippen LogP contribution in [0.4, 0.5) is 0 Å². The lowest BCUT2D eigenvalue weighted by Gasteiger charge is -2.35. The number of nitrogens with zero attached hydrogens (tertiary/aromatic N) is 2. The number of rotatable bonds is 2. The van der Waals surface area contributed by atoms with Crippen molar-refractivity contribution >= 4 is 5.84 Å². The number of aliphatic imine (C=N–C) groups is 1. The molecule has 0 saturated carbocycles. The van der Waals surface area contributed by atoms with Crippen LogP contribution in [0.2, 0.25) is 0 Å². The standard InChI is InChI=1S/C10H20N2O/c1-4-10(11-5-2)12-6-7-13-8-9(12)3/h9H,4-8H2,1-3H3/t9-/m1/s1. The molecule has 13 heavy (non-hydrogen) atoms. The molecular weight excluding hydrogens is 164 g/mol. The summed E-state index contributed by atoms with van der Waals surface area (Å²) in [5, 5.41) is 0. The molecule has 1 aliphatic rings. The van der Waals surface area contributed by atoms with Crippen LogP contribution in [0.3, 0.4) is 0 Å². The molecular formula is C10H20N2O. The Hall–Kier alpha value is -0.570. The van der Waals surface area contributed by atoms with Crippen LogP contribution in [-0.4, -0.2) is 43.1 Å². The molecule has 0 aromatic rings. The highest BCUT2D eigenvalue weighted by Crippen LogP contribution is 2.09. The van der Waals surface area contributed by atoms with Gasteiger partial charge in [0.15, 0.2) is 0 Å². The van der Waals surface area contributed by atoms with E-state index in [-0.39, 0.29) is 0 Å². The molecule has 76 valence electrons. The van der Waals surface area contributed by atoms with E-state index >= 15 is 0 Å². The van der Waals surface area contributed by atoms with Gasteiger partial charge in [-0.15, -0.1) is 0 Å². The lowest BCUT2D eigenvalue weighted by molar-refractivity contribution is 0.0323. The molecule has 1 fully saturated rings. The third kappa shape index (κ3) is 2.69. The third-order valence-electron chi connectivity index (χ3n) is 2.36. The van der Waals surface area contributed by atoms with Crippen molar-refractivity contribution in [1.29, 1.82) is 0 Å². The Kier molecular flexibility index (Phi) is 4.22. The van der Waals surface area contributed by atoms with Crippen LogP contribution in [0, 0.1) is 0 Å². The fourth-order valence-corrected chi connectivity index (χ4v) is 1.70. The molecule has 1 heterocycles. The molecule has 0 spiro atoms. The van der Waals surface area contributed by atoms with E-state index in [2.05, 4.69) is 30.7 Å². The van der Waals surface area contributed by atoms with Crippen molar-refractivity contribution < 1.29 is 4.74 Å². The zero-order valence-electron chi connectivity index (χ0n) is 8.92. The van der Waals surface area contributed by atoms with E-state index in [9.17, 15) is 0 Å². The molecule has 0 amide bonds. The van der Waals surface area contributed by atoms with Crippen molar-refractivity contribution in [3.63, 3.8) is 0 Å². The first-order chi connectivity index (χ1) is 6.29. The molecule has 0 bridgehead atoms. The summed E-state index contributed by atoms with van der Waals surface area (Å²) < 4.78 is 5.39. The molecule has 0 aromatic carbocycles. The maximum absolute atomic E-state index is 5.39. The first kappa shape index (κ1) is 10.5. The third-order valence-corrected chi connectivity index (χ3v) is 2.36. The van der Waals surface area contributed by atoms with Crippen molar-refractivity contribution in [2.24, 2.45) is 4.99 Å². The Morgan fingerprint density at radius 2 is 2.31 bits per heavy atom. The lowest BCUT2D eigenvalue weighted by Crippen LogP contribution is -2.47. The molecule has 1 aliphatic heterocycles. The van der Waals surface area contributed by atoms with E-state index in [0.717, 1.165) is 32.7 Å². The average Bonchev–Trinajstić information content (AvgIpc) is 2.16. The zero-order chi connectivity index (χ0) is 9.68. The van der Waals surface area contributed by atoms with Gasteiger partial charge in [-0.25, -0.2) is 0 Å². The minimum atomic E-state index is 0.485. The Morgan fingerprint density at radius 3 is 2.85 bits per heavy atom. The summed E-state index contributed by atoms with van der Waals surface area (Å²) in [5.41, 5.74) is 0. The second-order valence-corrected chi connectivity index (χ2v) is 3.36. The van der Waals surface area contributed by atoms with Gasteiger partial charge in [-0.2, -0.15) is 0 Å². The summed E-state index contributed by atoms with van der Waals surface area (Å²) in [6.45, 7) is 9.99. The lowest BCUT2D eigenvalue weighted by atomic mass is 10.2. The van der Waals surface area contributed by atoms with E-state index in [1.165, 1.54) is 5.84 Å². The van der Waals surface area contributed by atoms with Gasteiger partial charge in [0.2, 0.25) is 0 Å². The number of morpholine rings is 1. The van der Waals surface area contributed by atoms with Crippen molar-refractivity contribution in [3.05, 3.63) is 0 Å². The minimum Gasteiger partial charge on any atom is -0.377 e. The van der Waals surface area contributed by atoms with Gasteiger partial charge in [-0.3, -0.25) is 4.99 Å². The molecule has 1 rings (SSSR count). The summed E-state index contributed by atoms with van der Waals surface area (Å²) in [7, 11) is 0. The predicted octanol–water partition coefficient (Wildman–Crippen LogP) is 1.54. The number of hydrogen-bond acceptors (Lipinski definition) is 2. The Labute approximate surface area is 80.8 Å². The van der Waals surface area contributed by atoms with Crippen LogP contribution in [0.5, 0.6) is 0 Å². The van der Waals surface area contributed by atoms with Crippen LogP contribution in [0.15, 0.2) is 4.99 Å². The maximum Gasteiger partial charge on any atom is 0.0990 e. The van der Waals surface area contributed by atoms with Gasteiger partial charge < -0.3 is 9.64 Å². The molecule has 0 aromatic heterocycles. The maximum atomic E-state index is 5.39. The van der Waals surface area contributed by atoms with Crippen molar-refractivity contribution in [2.75, 3.05) is 26.3 Å². The van der Waals surface area contributed by atoms with Crippen molar-refractivity contribution in [3.8, 4) is 0 Å². The van der Waals surface area contributed by atoms with Gasteiger partial charge in [0.1, 0.15) is 0 Å². The van der Waals surface area contributed by atoms with Gasteiger partial charge in [0.25, 0.3) is 0 Å². The smallest absolute Gasteiger partial charge is 0.0990 e. The summed E-state index contributed by atoms with van der Waals surface area (Å²) in [6, 6.07) is 0.485. The van der Waals surface area contributed by atoms with Crippen LogP contribution < -0.4 is 0 Å². The van der Waals surface area contributed by atoms with Gasteiger partial charge in [-0.05, 0) is 13.8 Å². The largest absolute Gasteiger partial charge is 0.377 e. The van der Waals surface area contributed by atoms with E-state index in [4.69, 9.17) is 4.74 Å². The first-order valence-corrected chi connectivity index (χ1v) is 5.17. The average molecular weight is 184 g/mol. The van der Waals surface area contributed by atoms with Crippen LogP contribution in [-0.2, 0) is 4.74 Å². The van der Waals surface area contributed by atoms with Gasteiger partial charge in [-0.1, -0.05) is 6.92 Å². The number of amidine groups is 1. The molecule has 0 unspecified atom stereocenters. The van der Waals surface area contributed by atoms with E-state index in [1.54, 1.807) is 0 Å². The highest BCUT2D eigenvalue weighted by Gasteiger charge is 2.20. The first-order valence-electron chi connectivity index (χ1n) is 5.17. The highest BCUT2D eigenvalue weighted by molar-refractivity contribution is 5.82. The fourth-order valence-electron chi connectivity index (χ4n) is 1.70. The van der Waals surface area contributed by atoms with Crippen LogP contribution in [0.25, 0.3) is 0 Å². The zero-order valence-corrected chi connectivity index (χ0v) is 8.92. The topological polar surface area (TPSA) is 24.8 Å². The van der Waals surface area contributed by atoms with E-state index in [0.29, 0.717) is 6.04 Å². The van der Waals surface area contributed by atoms with Gasteiger partial charge >= 0.3 is 0 Å². The summed E-state index contributed by atoms with van der Waals surface area (Å²) in [4.78, 5) is 6.87. The molecule has 0 radical (unpaired) electrons. The number of ether oxygens (including phenoxy) is 1. The highest BCUT2D eigenvalue weighted by atomic mass is 16.5. The normalized spacial score (nSPS) is 25.0. The van der Waals surface area contributed by atoms with E-state index < -0.39 is 0 Å². The summed E-state index contributed by atoms with van der Waals surface area (Å²) in [5.74, 6) is 1.23. The number of hydrogen-bond donors (Lipinski definition) is 0. The molecule has 1 atom stereocenters. The molecule has 1 saturated heterocycles. The Bertz CT molecular complexity index is 180. The molecule has 3 heteroatoms. The fraction of sp³-hybridized carbons (Fsp3) is 0.900. The minimum absolute atomic E-state index is 0.485. The Balaban J connectivity index is 2.60. The molecule has 3 nitrogen and oxygen atoms in total. The van der Waals surface area contributed by atoms with E-state index in [1.807, 2.05) is 0 Å². The van der Waals surface area contributed by atoms with Crippen molar-refractivity contribution in [2.45, 2.75) is 33.2 Å². The van der Waals surface area contributed by atoms with Gasteiger partial charge in [0, 0.05) is 19.5 Å². The monoisotopic (exact) mass is 184 g/mol. The summed E-state index contributed by atoms with van der Waals surface area (Å²) >= 11 is 0. The molecule has 0 aliphatic carbocycles. The second-order valence-electron chi connectivity index (χ2n) is 3.36. The van der Waals surface area contributed by atoms with Crippen LogP contribution in [0.1, 0.15) is 27.2 Å². The summed E-state index contributed by atoms with van der Waals surface area (Å²) in [6.07, 6.45) is 1.03. The van der Waals surface area contributed by atoms with Crippen LogP contribution >= 0.6 is 0 Å². The van der Waals surface area contributed by atoms with Gasteiger partial charge in [0.05, 0.1) is 25.1 Å². The van der Waals surface area contributed by atoms with Crippen molar-refractivity contribution in [1.82, 2.24) is 4.90 Å². The SMILES string of the molecule is CCN=C(CC)N1CCOC[C@H]1C. The second kappa shape index (κ2) is 5.22. The molecule has 0 N–H and O–H groups in total. The Morgan fingerprint density at radius 1 is 1.54 bits per heavy atom. The quantitative estimate of drug-likeness (QED) is 0.480. The predicted molar refractivity (Wildman–Crippen MR) is 55.3 cm³/mol.